The maximum atomic E-state index is 10.9. The summed E-state index contributed by atoms with van der Waals surface area (Å²) in [6.45, 7) is 0. The number of hydrogen-bond acceptors (Lipinski definition) is 7. The van der Waals surface area contributed by atoms with Crippen LogP contribution < -0.4 is 10.5 Å². The van der Waals surface area contributed by atoms with Gasteiger partial charge in [-0.1, -0.05) is 42.1 Å². The van der Waals surface area contributed by atoms with Gasteiger partial charge in [0.25, 0.3) is 0 Å². The van der Waals surface area contributed by atoms with E-state index in [4.69, 9.17) is 10.5 Å². The minimum atomic E-state index is -0.706. The van der Waals surface area contributed by atoms with Crippen LogP contribution in [0.5, 0.6) is 11.5 Å². The van der Waals surface area contributed by atoms with E-state index >= 15 is 0 Å². The van der Waals surface area contributed by atoms with Gasteiger partial charge in [-0.2, -0.15) is 5.10 Å². The third-order valence-electron chi connectivity index (χ3n) is 3.09. The van der Waals surface area contributed by atoms with E-state index in [1.807, 2.05) is 30.3 Å². The second kappa shape index (κ2) is 8.69. The number of nitro benzene ring substituents is 1. The van der Waals surface area contributed by atoms with Gasteiger partial charge in [0.15, 0.2) is 10.9 Å². The zero-order valence-corrected chi connectivity index (χ0v) is 14.1. The molecule has 0 atom stereocenters. The quantitative estimate of drug-likeness (QED) is 0.353. The molecule has 0 aliphatic heterocycles. The number of hydrogen-bond donors (Lipinski definition) is 2. The maximum absolute atomic E-state index is 10.9. The van der Waals surface area contributed by atoms with Gasteiger partial charge in [-0.3, -0.25) is 10.1 Å². The zero-order valence-electron chi connectivity index (χ0n) is 13.3. The minimum absolute atomic E-state index is 0.0222. The molecule has 25 heavy (non-hydrogen) atoms. The van der Waals surface area contributed by atoms with Crippen LogP contribution in [-0.2, 0) is 5.75 Å². The smallest absolute Gasteiger partial charge is 0.315 e. The van der Waals surface area contributed by atoms with Crippen LogP contribution in [0.15, 0.2) is 52.7 Å². The standard InChI is InChI=1S/C16H16N4O4S/c1-24-14-8-12(7-13(15(14)21)20(22)23)9-18-19-16(17)25-10-11-5-3-2-4-6-11/h2-9,21H,10H2,1H3,(H2,17,19). The zero-order chi connectivity index (χ0) is 18.2. The molecule has 0 aromatic heterocycles. The van der Waals surface area contributed by atoms with Crippen molar-refractivity contribution >= 4 is 28.8 Å². The van der Waals surface area contributed by atoms with Crippen molar-refractivity contribution in [2.75, 3.05) is 7.11 Å². The predicted octanol–water partition coefficient (Wildman–Crippen LogP) is 2.89. The number of thioether (sulfide) groups is 1. The molecule has 0 bridgehead atoms. The Labute approximate surface area is 148 Å². The number of phenolic OH excluding ortho intramolecular Hbond substituents is 1. The van der Waals surface area contributed by atoms with E-state index < -0.39 is 16.4 Å². The lowest BCUT2D eigenvalue weighted by Gasteiger charge is -2.04. The van der Waals surface area contributed by atoms with Gasteiger partial charge < -0.3 is 15.6 Å². The fourth-order valence-electron chi connectivity index (χ4n) is 1.90. The number of benzene rings is 2. The van der Waals surface area contributed by atoms with Crippen LogP contribution in [0.3, 0.4) is 0 Å². The molecule has 2 aromatic rings. The van der Waals surface area contributed by atoms with Crippen LogP contribution in [0.4, 0.5) is 5.69 Å². The van der Waals surface area contributed by atoms with Gasteiger partial charge in [-0.05, 0) is 11.6 Å². The van der Waals surface area contributed by atoms with Gasteiger partial charge in [-0.25, -0.2) is 0 Å². The fourth-order valence-corrected chi connectivity index (χ4v) is 2.51. The fraction of sp³-hybridized carbons (Fsp3) is 0.125. The van der Waals surface area contributed by atoms with E-state index in [2.05, 4.69) is 10.2 Å². The van der Waals surface area contributed by atoms with E-state index in [-0.39, 0.29) is 10.9 Å². The molecule has 3 N–H and O–H groups in total. The number of ether oxygens (including phenoxy) is 1. The first-order valence-electron chi connectivity index (χ1n) is 7.10. The molecule has 0 aliphatic rings. The van der Waals surface area contributed by atoms with Crippen LogP contribution >= 0.6 is 11.8 Å². The first-order chi connectivity index (χ1) is 12.0. The van der Waals surface area contributed by atoms with Gasteiger partial charge in [0, 0.05) is 17.4 Å². The van der Waals surface area contributed by atoms with Crippen molar-refractivity contribution in [3.63, 3.8) is 0 Å². The third-order valence-corrected chi connectivity index (χ3v) is 3.94. The Hall–Kier alpha value is -3.07. The Morgan fingerprint density at radius 3 is 2.76 bits per heavy atom. The first-order valence-corrected chi connectivity index (χ1v) is 8.08. The average Bonchev–Trinajstić information content (AvgIpc) is 2.61. The number of phenols is 1. The van der Waals surface area contributed by atoms with Crippen molar-refractivity contribution in [1.82, 2.24) is 0 Å². The number of aromatic hydroxyl groups is 1. The average molecular weight is 360 g/mol. The number of methoxy groups -OCH3 is 1. The largest absolute Gasteiger partial charge is 0.500 e. The second-order valence-electron chi connectivity index (χ2n) is 4.81. The van der Waals surface area contributed by atoms with Crippen LogP contribution in [0, 0.1) is 10.1 Å². The minimum Gasteiger partial charge on any atom is -0.500 e. The highest BCUT2D eigenvalue weighted by Gasteiger charge is 2.19. The molecule has 0 unspecified atom stereocenters. The lowest BCUT2D eigenvalue weighted by Crippen LogP contribution is -2.06. The number of rotatable bonds is 6. The highest BCUT2D eigenvalue weighted by molar-refractivity contribution is 8.13. The number of nitrogens with two attached hydrogens (primary N) is 1. The molecular formula is C16H16N4O4S. The Morgan fingerprint density at radius 2 is 2.12 bits per heavy atom. The summed E-state index contributed by atoms with van der Waals surface area (Å²) in [6.07, 6.45) is 1.30. The highest BCUT2D eigenvalue weighted by Crippen LogP contribution is 2.36. The van der Waals surface area contributed by atoms with Crippen molar-refractivity contribution in [3.8, 4) is 11.5 Å². The Morgan fingerprint density at radius 1 is 1.40 bits per heavy atom. The van der Waals surface area contributed by atoms with E-state index in [1.165, 1.54) is 37.2 Å². The summed E-state index contributed by atoms with van der Waals surface area (Å²) in [5.74, 6) is 0.0987. The lowest BCUT2D eigenvalue weighted by atomic mass is 10.2. The lowest BCUT2D eigenvalue weighted by molar-refractivity contribution is -0.386. The topological polar surface area (TPSA) is 123 Å². The summed E-state index contributed by atoms with van der Waals surface area (Å²) < 4.78 is 4.91. The normalized spacial score (nSPS) is 11.6. The van der Waals surface area contributed by atoms with Crippen LogP contribution in [0.2, 0.25) is 0 Å². The van der Waals surface area contributed by atoms with E-state index in [0.717, 1.165) is 5.56 Å². The van der Waals surface area contributed by atoms with Crippen molar-refractivity contribution in [2.45, 2.75) is 5.75 Å². The molecule has 0 aliphatic carbocycles. The molecule has 130 valence electrons. The molecule has 0 heterocycles. The number of nitrogens with zero attached hydrogens (tertiary/aromatic N) is 3. The molecule has 0 fully saturated rings. The molecular weight excluding hydrogens is 344 g/mol. The van der Waals surface area contributed by atoms with Crippen molar-refractivity contribution < 1.29 is 14.8 Å². The summed E-state index contributed by atoms with van der Waals surface area (Å²) in [5, 5.41) is 28.6. The van der Waals surface area contributed by atoms with E-state index in [9.17, 15) is 15.2 Å². The van der Waals surface area contributed by atoms with E-state index in [1.54, 1.807) is 0 Å². The summed E-state index contributed by atoms with van der Waals surface area (Å²) >= 11 is 1.32. The van der Waals surface area contributed by atoms with Gasteiger partial charge in [0.2, 0.25) is 5.75 Å². The molecule has 0 radical (unpaired) electrons. The predicted molar refractivity (Wildman–Crippen MR) is 98.3 cm³/mol. The first kappa shape index (κ1) is 18.3. The SMILES string of the molecule is COc1cc(C=NN=C(N)SCc2ccccc2)cc([N+](=O)[O-])c1O. The van der Waals surface area contributed by atoms with Crippen molar-refractivity contribution in [2.24, 2.45) is 15.9 Å². The molecule has 0 saturated heterocycles. The summed E-state index contributed by atoms with van der Waals surface area (Å²) in [5.41, 5.74) is 6.75. The highest BCUT2D eigenvalue weighted by atomic mass is 32.2. The van der Waals surface area contributed by atoms with Gasteiger partial charge in [-0.15, -0.1) is 5.10 Å². The summed E-state index contributed by atoms with van der Waals surface area (Å²) in [6, 6.07) is 12.3. The molecule has 9 heteroatoms. The summed E-state index contributed by atoms with van der Waals surface area (Å²) in [7, 11) is 1.30. The summed E-state index contributed by atoms with van der Waals surface area (Å²) in [4.78, 5) is 10.2. The third kappa shape index (κ3) is 5.21. The maximum Gasteiger partial charge on any atom is 0.315 e. The van der Waals surface area contributed by atoms with Gasteiger partial charge >= 0.3 is 5.69 Å². The van der Waals surface area contributed by atoms with Gasteiger partial charge in [0.1, 0.15) is 0 Å². The Balaban J connectivity index is 2.07. The second-order valence-corrected chi connectivity index (χ2v) is 5.80. The monoisotopic (exact) mass is 360 g/mol. The molecule has 0 amide bonds. The van der Waals surface area contributed by atoms with Crippen LogP contribution in [0.1, 0.15) is 11.1 Å². The molecule has 0 spiro atoms. The molecule has 2 aromatic carbocycles. The van der Waals surface area contributed by atoms with Crippen molar-refractivity contribution in [3.05, 3.63) is 63.7 Å². The Bertz CT molecular complexity index is 809. The number of nitro groups is 1. The van der Waals surface area contributed by atoms with Gasteiger partial charge in [0.05, 0.1) is 18.2 Å². The Kier molecular flexibility index (Phi) is 6.35. The van der Waals surface area contributed by atoms with Crippen molar-refractivity contribution in [1.29, 1.82) is 0 Å². The number of amidine groups is 1. The van der Waals surface area contributed by atoms with E-state index in [0.29, 0.717) is 11.3 Å². The molecule has 2 rings (SSSR count). The molecule has 8 nitrogen and oxygen atoms in total. The van der Waals surface area contributed by atoms with Crippen LogP contribution in [-0.4, -0.2) is 28.5 Å². The van der Waals surface area contributed by atoms with Crippen LogP contribution in [0.25, 0.3) is 0 Å². The molecule has 0 saturated carbocycles.